The Morgan fingerprint density at radius 1 is 1.42 bits per heavy atom. The quantitative estimate of drug-likeness (QED) is 0.879. The van der Waals surface area contributed by atoms with Crippen LogP contribution in [0.15, 0.2) is 24.3 Å². The van der Waals surface area contributed by atoms with Crippen molar-refractivity contribution in [2.75, 3.05) is 33.3 Å². The van der Waals surface area contributed by atoms with E-state index < -0.39 is 0 Å². The fraction of sp³-hybridized carbons (Fsp3) is 0.533. The topological polar surface area (TPSA) is 41.6 Å². The maximum atomic E-state index is 12.3. The summed E-state index contributed by atoms with van der Waals surface area (Å²) in [5.74, 6) is 1.52. The molecule has 0 radical (unpaired) electrons. The standard InChI is InChI=1S/C15H22N2O2/c1-3-19-14-6-4-13(5-7-14)15(18)17-9-8-12(11-17)10-16-2/h4-7,12,16H,3,8-11H2,1-2H3. The number of amides is 1. The first kappa shape index (κ1) is 13.9. The summed E-state index contributed by atoms with van der Waals surface area (Å²) in [7, 11) is 1.96. The van der Waals surface area contributed by atoms with Crippen LogP contribution in [0.2, 0.25) is 0 Å². The predicted octanol–water partition coefficient (Wildman–Crippen LogP) is 1.77. The molecule has 1 unspecified atom stereocenters. The molecule has 1 fully saturated rings. The van der Waals surface area contributed by atoms with Crippen molar-refractivity contribution in [2.24, 2.45) is 5.92 Å². The summed E-state index contributed by atoms with van der Waals surface area (Å²) in [5.41, 5.74) is 0.744. The molecule has 104 valence electrons. The molecular weight excluding hydrogens is 240 g/mol. The summed E-state index contributed by atoms with van der Waals surface area (Å²) in [6, 6.07) is 7.41. The highest BCUT2D eigenvalue weighted by Crippen LogP contribution is 2.19. The number of nitrogens with zero attached hydrogens (tertiary/aromatic N) is 1. The number of likely N-dealkylation sites (tertiary alicyclic amines) is 1. The maximum absolute atomic E-state index is 12.3. The van der Waals surface area contributed by atoms with Gasteiger partial charge in [0, 0.05) is 18.7 Å². The van der Waals surface area contributed by atoms with Crippen molar-refractivity contribution < 1.29 is 9.53 Å². The molecule has 1 N–H and O–H groups in total. The highest BCUT2D eigenvalue weighted by molar-refractivity contribution is 5.94. The van der Waals surface area contributed by atoms with Crippen LogP contribution in [0.1, 0.15) is 23.7 Å². The van der Waals surface area contributed by atoms with E-state index in [1.165, 1.54) is 0 Å². The van der Waals surface area contributed by atoms with Crippen LogP contribution in [-0.4, -0.2) is 44.1 Å². The average Bonchev–Trinajstić information content (AvgIpc) is 2.88. The van der Waals surface area contributed by atoms with Gasteiger partial charge in [0.25, 0.3) is 5.91 Å². The average molecular weight is 262 g/mol. The molecule has 1 amide bonds. The van der Waals surface area contributed by atoms with E-state index in [1.54, 1.807) is 0 Å². The number of rotatable bonds is 5. The van der Waals surface area contributed by atoms with Gasteiger partial charge >= 0.3 is 0 Å². The molecular formula is C15H22N2O2. The molecule has 1 atom stereocenters. The normalized spacial score (nSPS) is 18.6. The Labute approximate surface area is 114 Å². The van der Waals surface area contributed by atoms with Crippen LogP contribution in [0.3, 0.4) is 0 Å². The Hall–Kier alpha value is -1.55. The fourth-order valence-electron chi connectivity index (χ4n) is 2.52. The smallest absolute Gasteiger partial charge is 0.253 e. The minimum absolute atomic E-state index is 0.127. The molecule has 1 aliphatic rings. The number of benzene rings is 1. The monoisotopic (exact) mass is 262 g/mol. The number of carbonyl (C=O) groups is 1. The highest BCUT2D eigenvalue weighted by Gasteiger charge is 2.26. The first-order valence-electron chi connectivity index (χ1n) is 6.91. The van der Waals surface area contributed by atoms with Gasteiger partial charge in [-0.2, -0.15) is 0 Å². The van der Waals surface area contributed by atoms with Gasteiger partial charge in [0.1, 0.15) is 5.75 Å². The molecule has 0 aliphatic carbocycles. The maximum Gasteiger partial charge on any atom is 0.253 e. The van der Waals surface area contributed by atoms with E-state index in [2.05, 4.69) is 5.32 Å². The Bertz CT molecular complexity index is 417. The van der Waals surface area contributed by atoms with Crippen LogP contribution >= 0.6 is 0 Å². The predicted molar refractivity (Wildman–Crippen MR) is 75.5 cm³/mol. The lowest BCUT2D eigenvalue weighted by molar-refractivity contribution is 0.0787. The van der Waals surface area contributed by atoms with E-state index >= 15 is 0 Å². The Balaban J connectivity index is 1.96. The first-order chi connectivity index (χ1) is 9.24. The van der Waals surface area contributed by atoms with E-state index in [0.29, 0.717) is 12.5 Å². The molecule has 0 spiro atoms. The minimum atomic E-state index is 0.127. The molecule has 0 bridgehead atoms. The van der Waals surface area contributed by atoms with Gasteiger partial charge in [0.2, 0.25) is 0 Å². The lowest BCUT2D eigenvalue weighted by Crippen LogP contribution is -2.30. The zero-order chi connectivity index (χ0) is 13.7. The zero-order valence-electron chi connectivity index (χ0n) is 11.7. The van der Waals surface area contributed by atoms with Gasteiger partial charge in [-0.25, -0.2) is 0 Å². The van der Waals surface area contributed by atoms with Crippen molar-refractivity contribution in [3.8, 4) is 5.75 Å². The second-order valence-electron chi connectivity index (χ2n) is 4.92. The van der Waals surface area contributed by atoms with Crippen LogP contribution in [0.4, 0.5) is 0 Å². The molecule has 1 aromatic rings. The number of carbonyl (C=O) groups excluding carboxylic acids is 1. The third-order valence-corrected chi connectivity index (χ3v) is 3.48. The molecule has 4 nitrogen and oxygen atoms in total. The van der Waals surface area contributed by atoms with Crippen molar-refractivity contribution in [3.63, 3.8) is 0 Å². The molecule has 19 heavy (non-hydrogen) atoms. The molecule has 0 aromatic heterocycles. The molecule has 1 heterocycles. The fourth-order valence-corrected chi connectivity index (χ4v) is 2.52. The Morgan fingerprint density at radius 2 is 2.16 bits per heavy atom. The van der Waals surface area contributed by atoms with Crippen molar-refractivity contribution in [2.45, 2.75) is 13.3 Å². The van der Waals surface area contributed by atoms with Gasteiger partial charge in [-0.3, -0.25) is 4.79 Å². The lowest BCUT2D eigenvalue weighted by atomic mass is 10.1. The van der Waals surface area contributed by atoms with Crippen LogP contribution in [0.25, 0.3) is 0 Å². The van der Waals surface area contributed by atoms with Crippen LogP contribution in [-0.2, 0) is 0 Å². The summed E-state index contributed by atoms with van der Waals surface area (Å²) >= 11 is 0. The van der Waals surface area contributed by atoms with Gasteiger partial charge < -0.3 is 15.0 Å². The van der Waals surface area contributed by atoms with E-state index in [4.69, 9.17) is 4.74 Å². The van der Waals surface area contributed by atoms with Crippen molar-refractivity contribution >= 4 is 5.91 Å². The van der Waals surface area contributed by atoms with Gasteiger partial charge in [-0.1, -0.05) is 0 Å². The second-order valence-corrected chi connectivity index (χ2v) is 4.92. The van der Waals surface area contributed by atoms with E-state index in [1.807, 2.05) is 43.1 Å². The van der Waals surface area contributed by atoms with E-state index in [9.17, 15) is 4.79 Å². The Kier molecular flexibility index (Phi) is 4.80. The summed E-state index contributed by atoms with van der Waals surface area (Å²) in [5, 5.41) is 3.18. The summed E-state index contributed by atoms with van der Waals surface area (Å²) in [6.45, 7) is 5.29. The molecule has 1 aliphatic heterocycles. The van der Waals surface area contributed by atoms with Gasteiger partial charge in [-0.15, -0.1) is 0 Å². The molecule has 4 heteroatoms. The second kappa shape index (κ2) is 6.57. The van der Waals surface area contributed by atoms with Crippen LogP contribution in [0.5, 0.6) is 5.75 Å². The number of nitrogens with one attached hydrogen (secondary N) is 1. The van der Waals surface area contributed by atoms with Gasteiger partial charge in [0.15, 0.2) is 0 Å². The van der Waals surface area contributed by atoms with Crippen molar-refractivity contribution in [1.29, 1.82) is 0 Å². The third-order valence-electron chi connectivity index (χ3n) is 3.48. The van der Waals surface area contributed by atoms with Crippen molar-refractivity contribution in [1.82, 2.24) is 10.2 Å². The number of hydrogen-bond donors (Lipinski definition) is 1. The zero-order valence-corrected chi connectivity index (χ0v) is 11.7. The summed E-state index contributed by atoms with van der Waals surface area (Å²) in [6.07, 6.45) is 1.09. The minimum Gasteiger partial charge on any atom is -0.494 e. The highest BCUT2D eigenvalue weighted by atomic mass is 16.5. The number of hydrogen-bond acceptors (Lipinski definition) is 3. The summed E-state index contributed by atoms with van der Waals surface area (Å²) < 4.78 is 5.38. The van der Waals surface area contributed by atoms with Gasteiger partial charge in [0.05, 0.1) is 6.61 Å². The van der Waals surface area contributed by atoms with Gasteiger partial charge in [-0.05, 0) is 57.1 Å². The summed E-state index contributed by atoms with van der Waals surface area (Å²) in [4.78, 5) is 14.3. The molecule has 0 saturated carbocycles. The SMILES string of the molecule is CCOc1ccc(C(=O)N2CCC(CNC)C2)cc1. The molecule has 1 saturated heterocycles. The van der Waals surface area contributed by atoms with Crippen LogP contribution < -0.4 is 10.1 Å². The first-order valence-corrected chi connectivity index (χ1v) is 6.91. The third kappa shape index (κ3) is 3.47. The van der Waals surface area contributed by atoms with E-state index in [0.717, 1.165) is 37.4 Å². The number of ether oxygens (including phenoxy) is 1. The van der Waals surface area contributed by atoms with E-state index in [-0.39, 0.29) is 5.91 Å². The Morgan fingerprint density at radius 3 is 2.79 bits per heavy atom. The molecule has 1 aromatic carbocycles. The van der Waals surface area contributed by atoms with Crippen molar-refractivity contribution in [3.05, 3.63) is 29.8 Å². The van der Waals surface area contributed by atoms with Crippen LogP contribution in [0, 0.1) is 5.92 Å². The molecule has 2 rings (SSSR count). The largest absolute Gasteiger partial charge is 0.494 e. The lowest BCUT2D eigenvalue weighted by Gasteiger charge is -2.16.